The van der Waals surface area contributed by atoms with Crippen LogP contribution in [0, 0.1) is 0 Å². The van der Waals surface area contributed by atoms with Crippen molar-refractivity contribution in [2.45, 2.75) is 25.8 Å². The van der Waals surface area contributed by atoms with Gasteiger partial charge in [0.2, 0.25) is 5.91 Å². The van der Waals surface area contributed by atoms with E-state index < -0.39 is 0 Å². The van der Waals surface area contributed by atoms with Crippen LogP contribution < -0.4 is 11.1 Å². The molecule has 1 saturated heterocycles. The number of nitrogens with two attached hydrogens (primary N) is 1. The molecule has 1 amide bonds. The quantitative estimate of drug-likeness (QED) is 0.626. The summed E-state index contributed by atoms with van der Waals surface area (Å²) in [7, 11) is 0. The van der Waals surface area contributed by atoms with Gasteiger partial charge in [0.1, 0.15) is 0 Å². The molecule has 0 aromatic heterocycles. The lowest BCUT2D eigenvalue weighted by atomic mass is 10.1. The number of nitrogens with zero attached hydrogens (tertiary/aromatic N) is 1. The van der Waals surface area contributed by atoms with Crippen LogP contribution in [0.3, 0.4) is 0 Å². The van der Waals surface area contributed by atoms with E-state index in [1.54, 1.807) is 0 Å². The van der Waals surface area contributed by atoms with Gasteiger partial charge >= 0.3 is 0 Å². The van der Waals surface area contributed by atoms with Crippen molar-refractivity contribution in [1.82, 2.24) is 10.2 Å². The number of hydrogen-bond donors (Lipinski definition) is 2. The Labute approximate surface area is 79.5 Å². The van der Waals surface area contributed by atoms with Gasteiger partial charge in [-0.15, -0.1) is 0 Å². The Morgan fingerprint density at radius 2 is 2.46 bits per heavy atom. The first-order valence-electron chi connectivity index (χ1n) is 4.98. The lowest BCUT2D eigenvalue weighted by molar-refractivity contribution is -0.120. The van der Waals surface area contributed by atoms with E-state index >= 15 is 0 Å². The first-order chi connectivity index (χ1) is 6.26. The maximum atomic E-state index is 11.0. The third-order valence-electron chi connectivity index (χ3n) is 2.50. The predicted octanol–water partition coefficient (Wildman–Crippen LogP) is -0.454. The molecular weight excluding hydrogens is 166 g/mol. The molecule has 1 aliphatic heterocycles. The Balaban J connectivity index is 2.29. The van der Waals surface area contributed by atoms with E-state index in [0.29, 0.717) is 6.04 Å². The molecule has 0 bridgehead atoms. The fraction of sp³-hybridized carbons (Fsp3) is 0.889. The summed E-state index contributed by atoms with van der Waals surface area (Å²) in [5.74, 6) is -0.0389. The predicted molar refractivity (Wildman–Crippen MR) is 52.3 cm³/mol. The van der Waals surface area contributed by atoms with E-state index in [2.05, 4.69) is 17.1 Å². The minimum Gasteiger partial charge on any atom is -0.351 e. The molecule has 4 nitrogen and oxygen atoms in total. The van der Waals surface area contributed by atoms with Gasteiger partial charge in [-0.1, -0.05) is 6.92 Å². The van der Waals surface area contributed by atoms with Crippen LogP contribution in [0.2, 0.25) is 0 Å². The number of amides is 1. The van der Waals surface area contributed by atoms with Crippen LogP contribution in [0.15, 0.2) is 0 Å². The Bertz CT molecular complexity index is 172. The summed E-state index contributed by atoms with van der Waals surface area (Å²) in [6.45, 7) is 5.44. The number of carbonyl (C=O) groups is 1. The van der Waals surface area contributed by atoms with E-state index in [1.165, 1.54) is 6.42 Å². The maximum absolute atomic E-state index is 11.0. The van der Waals surface area contributed by atoms with Gasteiger partial charge in [-0.25, -0.2) is 0 Å². The molecule has 1 fully saturated rings. The minimum absolute atomic E-state index is 0.0389. The van der Waals surface area contributed by atoms with Gasteiger partial charge in [0.15, 0.2) is 0 Å². The standard InChI is InChI=1S/C9H19N3O/c1-2-12-5-3-4-8(7-12)11-9(13)6-10/h8H,2-7,10H2,1H3,(H,11,13). The molecular formula is C9H19N3O. The van der Waals surface area contributed by atoms with Crippen molar-refractivity contribution in [1.29, 1.82) is 0 Å². The number of nitrogens with one attached hydrogen (secondary N) is 1. The summed E-state index contributed by atoms with van der Waals surface area (Å²) in [6.07, 6.45) is 2.26. The minimum atomic E-state index is -0.0389. The third kappa shape index (κ3) is 3.32. The second kappa shape index (κ2) is 5.19. The zero-order chi connectivity index (χ0) is 9.68. The van der Waals surface area contributed by atoms with Gasteiger partial charge in [-0.2, -0.15) is 0 Å². The average molecular weight is 185 g/mol. The largest absolute Gasteiger partial charge is 0.351 e. The highest BCUT2D eigenvalue weighted by molar-refractivity contribution is 5.78. The SMILES string of the molecule is CCN1CCCC(NC(=O)CN)C1. The second-order valence-electron chi connectivity index (χ2n) is 3.50. The lowest BCUT2D eigenvalue weighted by Gasteiger charge is -2.32. The van der Waals surface area contributed by atoms with Crippen LogP contribution in [0.1, 0.15) is 19.8 Å². The highest BCUT2D eigenvalue weighted by Crippen LogP contribution is 2.08. The smallest absolute Gasteiger partial charge is 0.233 e. The second-order valence-corrected chi connectivity index (χ2v) is 3.50. The fourth-order valence-corrected chi connectivity index (χ4v) is 1.75. The van der Waals surface area contributed by atoms with E-state index in [0.717, 1.165) is 26.1 Å². The Morgan fingerprint density at radius 1 is 1.69 bits per heavy atom. The zero-order valence-electron chi connectivity index (χ0n) is 8.25. The van der Waals surface area contributed by atoms with E-state index in [1.807, 2.05) is 0 Å². The summed E-state index contributed by atoms with van der Waals surface area (Å²) in [5.41, 5.74) is 5.23. The molecule has 3 N–H and O–H groups in total. The molecule has 1 rings (SSSR count). The number of rotatable bonds is 3. The van der Waals surface area contributed by atoms with E-state index in [9.17, 15) is 4.79 Å². The number of likely N-dealkylation sites (N-methyl/N-ethyl adjacent to an activating group) is 1. The summed E-state index contributed by atoms with van der Waals surface area (Å²) in [6, 6.07) is 0.310. The van der Waals surface area contributed by atoms with Gasteiger partial charge < -0.3 is 16.0 Å². The molecule has 0 aromatic rings. The summed E-state index contributed by atoms with van der Waals surface area (Å²) >= 11 is 0. The Morgan fingerprint density at radius 3 is 3.08 bits per heavy atom. The Kier molecular flexibility index (Phi) is 4.18. The van der Waals surface area contributed by atoms with Gasteiger partial charge in [0, 0.05) is 12.6 Å². The first-order valence-corrected chi connectivity index (χ1v) is 4.98. The molecule has 0 aromatic carbocycles. The Hall–Kier alpha value is -0.610. The monoisotopic (exact) mass is 185 g/mol. The van der Waals surface area contributed by atoms with Crippen molar-refractivity contribution in [2.75, 3.05) is 26.2 Å². The third-order valence-corrected chi connectivity index (χ3v) is 2.50. The summed E-state index contributed by atoms with van der Waals surface area (Å²) in [4.78, 5) is 13.4. The summed E-state index contributed by atoms with van der Waals surface area (Å²) < 4.78 is 0. The lowest BCUT2D eigenvalue weighted by Crippen LogP contribution is -2.48. The molecule has 1 atom stereocenters. The molecule has 1 aliphatic rings. The number of hydrogen-bond acceptors (Lipinski definition) is 3. The molecule has 0 saturated carbocycles. The first kappa shape index (κ1) is 10.5. The van der Waals surface area contributed by atoms with Gasteiger partial charge in [-0.3, -0.25) is 4.79 Å². The van der Waals surface area contributed by atoms with Crippen molar-refractivity contribution < 1.29 is 4.79 Å². The molecule has 4 heteroatoms. The van der Waals surface area contributed by atoms with Crippen molar-refractivity contribution in [3.05, 3.63) is 0 Å². The fourth-order valence-electron chi connectivity index (χ4n) is 1.75. The molecule has 1 heterocycles. The van der Waals surface area contributed by atoms with Crippen molar-refractivity contribution >= 4 is 5.91 Å². The van der Waals surface area contributed by atoms with E-state index in [-0.39, 0.29) is 12.5 Å². The van der Waals surface area contributed by atoms with Gasteiger partial charge in [-0.05, 0) is 25.9 Å². The number of carbonyl (C=O) groups excluding carboxylic acids is 1. The molecule has 0 radical (unpaired) electrons. The van der Waals surface area contributed by atoms with Crippen molar-refractivity contribution in [3.63, 3.8) is 0 Å². The molecule has 0 aliphatic carbocycles. The number of piperidine rings is 1. The van der Waals surface area contributed by atoms with Gasteiger partial charge in [0.25, 0.3) is 0 Å². The van der Waals surface area contributed by atoms with Crippen LogP contribution in [-0.4, -0.2) is 43.0 Å². The van der Waals surface area contributed by atoms with Crippen LogP contribution in [-0.2, 0) is 4.79 Å². The normalized spacial score (nSPS) is 24.3. The van der Waals surface area contributed by atoms with E-state index in [4.69, 9.17) is 5.73 Å². The average Bonchev–Trinajstić information content (AvgIpc) is 2.18. The van der Waals surface area contributed by atoms with Crippen molar-refractivity contribution in [3.8, 4) is 0 Å². The number of likely N-dealkylation sites (tertiary alicyclic amines) is 1. The zero-order valence-corrected chi connectivity index (χ0v) is 8.25. The van der Waals surface area contributed by atoms with Gasteiger partial charge in [0.05, 0.1) is 6.54 Å². The topological polar surface area (TPSA) is 58.4 Å². The molecule has 0 spiro atoms. The molecule has 1 unspecified atom stereocenters. The molecule has 76 valence electrons. The molecule has 13 heavy (non-hydrogen) atoms. The van der Waals surface area contributed by atoms with Crippen LogP contribution in [0.4, 0.5) is 0 Å². The highest BCUT2D eigenvalue weighted by atomic mass is 16.1. The highest BCUT2D eigenvalue weighted by Gasteiger charge is 2.19. The van der Waals surface area contributed by atoms with Crippen LogP contribution >= 0.6 is 0 Å². The summed E-state index contributed by atoms with van der Waals surface area (Å²) in [5, 5.41) is 2.93. The van der Waals surface area contributed by atoms with Crippen LogP contribution in [0.25, 0.3) is 0 Å². The maximum Gasteiger partial charge on any atom is 0.233 e. The van der Waals surface area contributed by atoms with Crippen LogP contribution in [0.5, 0.6) is 0 Å². The van der Waals surface area contributed by atoms with Crippen molar-refractivity contribution in [2.24, 2.45) is 5.73 Å².